The molecule has 0 radical (unpaired) electrons. The summed E-state index contributed by atoms with van der Waals surface area (Å²) in [7, 11) is 0. The van der Waals surface area contributed by atoms with Crippen molar-refractivity contribution in [3.05, 3.63) is 92.4 Å². The molecule has 3 nitrogen and oxygen atoms in total. The third-order valence-electron chi connectivity index (χ3n) is 6.01. The van der Waals surface area contributed by atoms with Crippen LogP contribution in [0.5, 0.6) is 0 Å². The van der Waals surface area contributed by atoms with Gasteiger partial charge in [-0.05, 0) is 65.6 Å². The van der Waals surface area contributed by atoms with Crippen LogP contribution >= 0.6 is 11.3 Å². The Labute approximate surface area is 183 Å². The highest BCUT2D eigenvalue weighted by atomic mass is 32.1. The summed E-state index contributed by atoms with van der Waals surface area (Å²) in [5.41, 5.74) is 8.80. The number of carbonyl (C=O) groups excluding carboxylic acids is 1. The first-order valence-corrected chi connectivity index (χ1v) is 11.1. The molecule has 5 rings (SSSR count). The van der Waals surface area contributed by atoms with Crippen LogP contribution in [0.3, 0.4) is 0 Å². The van der Waals surface area contributed by atoms with Crippen LogP contribution in [0.2, 0.25) is 0 Å². The van der Waals surface area contributed by atoms with Gasteiger partial charge in [0.2, 0.25) is 0 Å². The first-order chi connectivity index (χ1) is 14.2. The summed E-state index contributed by atoms with van der Waals surface area (Å²) in [6.07, 6.45) is 4.52. The minimum Gasteiger partial charge on any atom is -0.298 e. The number of nitrogens with zero attached hydrogens (tertiary/aromatic N) is 2. The van der Waals surface area contributed by atoms with Gasteiger partial charge in [0.1, 0.15) is 0 Å². The molecule has 30 heavy (non-hydrogen) atoms. The Kier molecular flexibility index (Phi) is 5.98. The minimum absolute atomic E-state index is 0. The lowest BCUT2D eigenvalue weighted by Gasteiger charge is -2.30. The predicted octanol–water partition coefficient (Wildman–Crippen LogP) is 5.92. The van der Waals surface area contributed by atoms with Crippen LogP contribution in [0, 0.1) is 6.92 Å². The predicted molar refractivity (Wildman–Crippen MR) is 125 cm³/mol. The topological polar surface area (TPSA) is 33.2 Å². The highest BCUT2D eigenvalue weighted by molar-refractivity contribution is 7.12. The Morgan fingerprint density at radius 2 is 1.87 bits per heavy atom. The van der Waals surface area contributed by atoms with Crippen LogP contribution in [-0.4, -0.2) is 28.8 Å². The number of carbonyl (C=O) groups is 1. The molecule has 0 saturated carbocycles. The van der Waals surface area contributed by atoms with Gasteiger partial charge < -0.3 is 0 Å². The van der Waals surface area contributed by atoms with Gasteiger partial charge in [0.15, 0.2) is 5.78 Å². The Morgan fingerprint density at radius 3 is 2.67 bits per heavy atom. The van der Waals surface area contributed by atoms with Crippen LogP contribution in [0.4, 0.5) is 0 Å². The molecule has 1 aromatic carbocycles. The Bertz CT molecular complexity index is 1100. The molecule has 4 heteroatoms. The molecule has 3 aromatic rings. The van der Waals surface area contributed by atoms with Gasteiger partial charge in [-0.3, -0.25) is 14.7 Å². The van der Waals surface area contributed by atoms with E-state index in [0.29, 0.717) is 6.42 Å². The van der Waals surface area contributed by atoms with Gasteiger partial charge in [-0.2, -0.15) is 0 Å². The lowest BCUT2D eigenvalue weighted by Crippen LogP contribution is -2.30. The molecule has 0 amide bonds. The van der Waals surface area contributed by atoms with Crippen molar-refractivity contribution in [3.8, 4) is 0 Å². The highest BCUT2D eigenvalue weighted by Crippen LogP contribution is 2.40. The van der Waals surface area contributed by atoms with Crippen molar-refractivity contribution >= 4 is 22.7 Å². The van der Waals surface area contributed by atoms with Crippen molar-refractivity contribution in [2.45, 2.75) is 40.2 Å². The minimum atomic E-state index is 0. The van der Waals surface area contributed by atoms with E-state index in [1.54, 1.807) is 11.3 Å². The van der Waals surface area contributed by atoms with Crippen molar-refractivity contribution in [2.75, 3.05) is 13.1 Å². The van der Waals surface area contributed by atoms with E-state index in [-0.39, 0.29) is 13.2 Å². The molecule has 0 N–H and O–H groups in total. The van der Waals surface area contributed by atoms with Gasteiger partial charge in [0.05, 0.1) is 4.88 Å². The van der Waals surface area contributed by atoms with Crippen molar-refractivity contribution in [1.29, 1.82) is 0 Å². The van der Waals surface area contributed by atoms with Crippen LogP contribution in [-0.2, 0) is 13.0 Å². The summed E-state index contributed by atoms with van der Waals surface area (Å²) < 4.78 is 0. The van der Waals surface area contributed by atoms with E-state index in [1.165, 1.54) is 22.3 Å². The molecule has 2 aliphatic rings. The second-order valence-electron chi connectivity index (χ2n) is 7.98. The second-order valence-corrected chi connectivity index (χ2v) is 8.90. The maximum atomic E-state index is 12.8. The zero-order chi connectivity index (χ0) is 19.8. The summed E-state index contributed by atoms with van der Waals surface area (Å²) >= 11 is 1.59. The number of pyridine rings is 1. The second kappa shape index (κ2) is 8.66. The number of fused-ring (bicyclic) bond motifs is 2. The lowest BCUT2D eigenvalue weighted by molar-refractivity contribution is 0.0997. The van der Waals surface area contributed by atoms with Crippen molar-refractivity contribution in [3.63, 3.8) is 0 Å². The summed E-state index contributed by atoms with van der Waals surface area (Å²) in [5.74, 6) is 0.253. The molecule has 0 unspecified atom stereocenters. The molecular weight excluding hydrogens is 388 g/mol. The van der Waals surface area contributed by atoms with Crippen LogP contribution in [0.25, 0.3) is 5.57 Å². The highest BCUT2D eigenvalue weighted by Gasteiger charge is 2.27. The van der Waals surface area contributed by atoms with Gasteiger partial charge in [-0.1, -0.05) is 37.3 Å². The normalized spacial score (nSPS) is 16.5. The molecule has 2 aromatic heterocycles. The van der Waals surface area contributed by atoms with Gasteiger partial charge in [0, 0.05) is 43.5 Å². The maximum Gasteiger partial charge on any atom is 0.177 e. The Morgan fingerprint density at radius 1 is 1.07 bits per heavy atom. The summed E-state index contributed by atoms with van der Waals surface area (Å²) in [6, 6.07) is 14.9. The molecular formula is C26H28N2OS. The van der Waals surface area contributed by atoms with Crippen LogP contribution < -0.4 is 0 Å². The smallest absolute Gasteiger partial charge is 0.177 e. The maximum absolute atomic E-state index is 12.8. The standard InChI is InChI=1S/C25H24N2OS.CH4/c1-17-14-18(6-10-26-17)16-27-11-7-19(8-12-27)24-21-5-3-2-4-20(21)15-23(28)25-22(24)9-13-29-25;/h2-6,9-10,13-14H,7-8,11-12,15-16H2,1H3;1H4. The van der Waals surface area contributed by atoms with Gasteiger partial charge in [-0.25, -0.2) is 0 Å². The first kappa shape index (κ1) is 20.7. The van der Waals surface area contributed by atoms with E-state index in [4.69, 9.17) is 0 Å². The van der Waals surface area contributed by atoms with E-state index >= 15 is 0 Å². The molecule has 0 bridgehead atoms. The summed E-state index contributed by atoms with van der Waals surface area (Å²) in [6.45, 7) is 5.13. The zero-order valence-electron chi connectivity index (χ0n) is 16.6. The molecule has 0 spiro atoms. The summed E-state index contributed by atoms with van der Waals surface area (Å²) in [5, 5.41) is 2.07. The first-order valence-electron chi connectivity index (χ1n) is 10.2. The SMILES string of the molecule is C.Cc1cc(CN2CCC(=C3c4ccccc4CC(=O)c4sccc43)CC2)ccn1. The fraction of sp³-hybridized carbons (Fsp3) is 0.308. The third kappa shape index (κ3) is 3.90. The number of Topliss-reactive ketones (excluding diaryl/α,β-unsaturated/α-hetero) is 1. The summed E-state index contributed by atoms with van der Waals surface area (Å²) in [4.78, 5) is 20.6. The molecule has 1 aliphatic heterocycles. The quantitative estimate of drug-likeness (QED) is 0.519. The van der Waals surface area contributed by atoms with Gasteiger partial charge in [-0.15, -0.1) is 11.3 Å². The van der Waals surface area contributed by atoms with Crippen LogP contribution in [0.1, 0.15) is 57.9 Å². The molecule has 1 saturated heterocycles. The lowest BCUT2D eigenvalue weighted by atomic mass is 9.87. The number of aryl methyl sites for hydroxylation is 1. The fourth-order valence-electron chi connectivity index (χ4n) is 4.61. The third-order valence-corrected chi connectivity index (χ3v) is 6.96. The largest absolute Gasteiger partial charge is 0.298 e. The van der Waals surface area contributed by atoms with Crippen molar-refractivity contribution in [1.82, 2.24) is 9.88 Å². The zero-order valence-corrected chi connectivity index (χ0v) is 17.5. The number of hydrogen-bond donors (Lipinski definition) is 0. The Balaban J connectivity index is 0.00000218. The van der Waals surface area contributed by atoms with Crippen LogP contribution in [0.15, 0.2) is 59.6 Å². The number of likely N-dealkylation sites (tertiary alicyclic amines) is 1. The molecule has 1 fully saturated rings. The number of piperidine rings is 1. The fourth-order valence-corrected chi connectivity index (χ4v) is 5.45. The number of aromatic nitrogens is 1. The van der Waals surface area contributed by atoms with Gasteiger partial charge >= 0.3 is 0 Å². The van der Waals surface area contributed by atoms with E-state index in [2.05, 4.69) is 51.7 Å². The Hall–Kier alpha value is -2.56. The number of benzene rings is 1. The number of ketones is 1. The van der Waals surface area contributed by atoms with Gasteiger partial charge in [0.25, 0.3) is 0 Å². The van der Waals surface area contributed by atoms with E-state index in [1.807, 2.05) is 19.2 Å². The number of thiophene rings is 1. The average molecular weight is 417 g/mol. The number of rotatable bonds is 2. The molecule has 0 atom stereocenters. The van der Waals surface area contributed by atoms with E-state index in [9.17, 15) is 4.79 Å². The molecule has 154 valence electrons. The van der Waals surface area contributed by atoms with Crippen molar-refractivity contribution in [2.24, 2.45) is 0 Å². The molecule has 3 heterocycles. The molecule has 1 aliphatic carbocycles. The monoisotopic (exact) mass is 416 g/mol. The van der Waals surface area contributed by atoms with E-state index in [0.717, 1.165) is 54.2 Å². The number of hydrogen-bond acceptors (Lipinski definition) is 4. The average Bonchev–Trinajstić information content (AvgIpc) is 3.16. The van der Waals surface area contributed by atoms with Crippen molar-refractivity contribution < 1.29 is 4.79 Å². The van der Waals surface area contributed by atoms with E-state index < -0.39 is 0 Å².